The van der Waals surface area contributed by atoms with Gasteiger partial charge in [0.1, 0.15) is 11.9 Å². The quantitative estimate of drug-likeness (QED) is 0.908. The van der Waals surface area contributed by atoms with E-state index < -0.39 is 5.82 Å². The van der Waals surface area contributed by atoms with Crippen molar-refractivity contribution in [3.05, 3.63) is 58.9 Å². The lowest BCUT2D eigenvalue weighted by molar-refractivity contribution is 0.102. The van der Waals surface area contributed by atoms with Gasteiger partial charge in [-0.25, -0.2) is 4.39 Å². The number of carbonyl (C=O) groups excluding carboxylic acids is 1. The van der Waals surface area contributed by atoms with E-state index in [4.69, 9.17) is 5.26 Å². The molecule has 0 aromatic heterocycles. The number of nitrogens with zero attached hydrogens (tertiary/aromatic N) is 1. The fourth-order valence-corrected chi connectivity index (χ4v) is 2.00. The van der Waals surface area contributed by atoms with Gasteiger partial charge in [0.15, 0.2) is 0 Å². The topological polar surface area (TPSA) is 64.9 Å². The van der Waals surface area contributed by atoms with Crippen molar-refractivity contribution in [1.29, 1.82) is 5.26 Å². The molecule has 0 radical (unpaired) electrons. The van der Waals surface area contributed by atoms with Crippen LogP contribution in [0, 0.1) is 24.1 Å². The van der Waals surface area contributed by atoms with Crippen LogP contribution in [0.25, 0.3) is 0 Å². The number of rotatable bonds is 3. The van der Waals surface area contributed by atoms with Crippen LogP contribution in [0.15, 0.2) is 36.4 Å². The third-order valence-electron chi connectivity index (χ3n) is 3.11. The molecule has 0 saturated carbocycles. The molecule has 0 aliphatic rings. The van der Waals surface area contributed by atoms with E-state index in [-0.39, 0.29) is 11.5 Å². The van der Waals surface area contributed by atoms with Gasteiger partial charge in [-0.1, -0.05) is 0 Å². The molecule has 4 nitrogen and oxygen atoms in total. The zero-order valence-corrected chi connectivity index (χ0v) is 11.7. The summed E-state index contributed by atoms with van der Waals surface area (Å²) in [5.74, 6) is -0.859. The SMILES string of the molecule is CNc1ccc(C(=O)Nc2ccc(F)cc2C#N)cc1C. The number of nitriles is 1. The van der Waals surface area contributed by atoms with Crippen molar-refractivity contribution >= 4 is 17.3 Å². The van der Waals surface area contributed by atoms with Gasteiger partial charge in [0.05, 0.1) is 11.3 Å². The lowest BCUT2D eigenvalue weighted by atomic mass is 10.1. The van der Waals surface area contributed by atoms with Crippen molar-refractivity contribution in [2.45, 2.75) is 6.92 Å². The fraction of sp³-hybridized carbons (Fsp3) is 0.125. The number of hydrogen-bond acceptors (Lipinski definition) is 3. The number of halogens is 1. The average Bonchev–Trinajstić information content (AvgIpc) is 2.48. The Kier molecular flexibility index (Phi) is 4.19. The van der Waals surface area contributed by atoms with Crippen LogP contribution in [0.1, 0.15) is 21.5 Å². The van der Waals surface area contributed by atoms with Crippen molar-refractivity contribution in [2.24, 2.45) is 0 Å². The predicted molar refractivity (Wildman–Crippen MR) is 79.8 cm³/mol. The third kappa shape index (κ3) is 3.18. The number of hydrogen-bond donors (Lipinski definition) is 2. The first kappa shape index (κ1) is 14.5. The molecule has 0 bridgehead atoms. The van der Waals surface area contributed by atoms with Crippen molar-refractivity contribution in [2.75, 3.05) is 17.7 Å². The highest BCUT2D eigenvalue weighted by atomic mass is 19.1. The molecule has 0 fully saturated rings. The van der Waals surface area contributed by atoms with Gasteiger partial charge in [-0.3, -0.25) is 4.79 Å². The molecule has 0 unspecified atom stereocenters. The van der Waals surface area contributed by atoms with Crippen molar-refractivity contribution in [3.63, 3.8) is 0 Å². The second-order valence-electron chi connectivity index (χ2n) is 4.54. The summed E-state index contributed by atoms with van der Waals surface area (Å²) in [6, 6.07) is 10.8. The number of anilines is 2. The van der Waals surface area contributed by atoms with Crippen LogP contribution in [0.4, 0.5) is 15.8 Å². The summed E-state index contributed by atoms with van der Waals surface area (Å²) in [6.07, 6.45) is 0. The Morgan fingerprint density at radius 2 is 1.90 bits per heavy atom. The zero-order chi connectivity index (χ0) is 15.4. The molecule has 106 valence electrons. The van der Waals surface area contributed by atoms with E-state index in [0.29, 0.717) is 11.3 Å². The summed E-state index contributed by atoms with van der Waals surface area (Å²) < 4.78 is 13.1. The van der Waals surface area contributed by atoms with Crippen LogP contribution >= 0.6 is 0 Å². The van der Waals surface area contributed by atoms with E-state index >= 15 is 0 Å². The third-order valence-corrected chi connectivity index (χ3v) is 3.11. The molecular formula is C16H14FN3O. The van der Waals surface area contributed by atoms with E-state index in [2.05, 4.69) is 10.6 Å². The van der Waals surface area contributed by atoms with Crippen LogP contribution in [-0.4, -0.2) is 13.0 Å². The molecular weight excluding hydrogens is 269 g/mol. The lowest BCUT2D eigenvalue weighted by Gasteiger charge is -2.10. The molecule has 0 heterocycles. The Morgan fingerprint density at radius 3 is 2.52 bits per heavy atom. The smallest absolute Gasteiger partial charge is 0.255 e. The van der Waals surface area contributed by atoms with Crippen LogP contribution in [0.2, 0.25) is 0 Å². The predicted octanol–water partition coefficient (Wildman–Crippen LogP) is 3.30. The largest absolute Gasteiger partial charge is 0.388 e. The lowest BCUT2D eigenvalue weighted by Crippen LogP contribution is -2.13. The van der Waals surface area contributed by atoms with E-state index in [1.807, 2.05) is 13.0 Å². The van der Waals surface area contributed by atoms with Crippen molar-refractivity contribution in [3.8, 4) is 6.07 Å². The maximum Gasteiger partial charge on any atom is 0.255 e. The molecule has 2 N–H and O–H groups in total. The number of carbonyl (C=O) groups is 1. The van der Waals surface area contributed by atoms with Crippen molar-refractivity contribution in [1.82, 2.24) is 0 Å². The first-order chi connectivity index (χ1) is 10.0. The Hall–Kier alpha value is -2.87. The summed E-state index contributed by atoms with van der Waals surface area (Å²) in [7, 11) is 1.81. The summed E-state index contributed by atoms with van der Waals surface area (Å²) in [4.78, 5) is 12.2. The minimum absolute atomic E-state index is 0.0897. The van der Waals surface area contributed by atoms with Crippen LogP contribution in [-0.2, 0) is 0 Å². The van der Waals surface area contributed by atoms with Gasteiger partial charge >= 0.3 is 0 Å². The minimum Gasteiger partial charge on any atom is -0.388 e. The van der Waals surface area contributed by atoms with Crippen LogP contribution < -0.4 is 10.6 Å². The zero-order valence-electron chi connectivity index (χ0n) is 11.7. The Morgan fingerprint density at radius 1 is 1.19 bits per heavy atom. The van der Waals surface area contributed by atoms with E-state index in [1.165, 1.54) is 12.1 Å². The molecule has 0 atom stereocenters. The van der Waals surface area contributed by atoms with E-state index in [1.54, 1.807) is 25.2 Å². The average molecular weight is 283 g/mol. The number of amides is 1. The Balaban J connectivity index is 2.26. The highest BCUT2D eigenvalue weighted by Crippen LogP contribution is 2.19. The normalized spacial score (nSPS) is 9.81. The standard InChI is InChI=1S/C16H14FN3O/c1-10-7-11(3-5-14(10)19-2)16(21)20-15-6-4-13(17)8-12(15)9-18/h3-8,19H,1-2H3,(H,20,21). The second-order valence-corrected chi connectivity index (χ2v) is 4.54. The molecule has 0 aliphatic heterocycles. The van der Waals surface area contributed by atoms with Gasteiger partial charge in [-0.05, 0) is 48.9 Å². The summed E-state index contributed by atoms with van der Waals surface area (Å²) >= 11 is 0. The van der Waals surface area contributed by atoms with Gasteiger partial charge < -0.3 is 10.6 Å². The second kappa shape index (κ2) is 6.06. The Bertz CT molecular complexity index is 735. The first-order valence-corrected chi connectivity index (χ1v) is 6.34. The van der Waals surface area contributed by atoms with Gasteiger partial charge in [0, 0.05) is 18.3 Å². The fourth-order valence-electron chi connectivity index (χ4n) is 2.00. The first-order valence-electron chi connectivity index (χ1n) is 6.34. The van der Waals surface area contributed by atoms with Gasteiger partial charge in [-0.2, -0.15) is 5.26 Å². The van der Waals surface area contributed by atoms with E-state index in [9.17, 15) is 9.18 Å². The molecule has 1 amide bonds. The molecule has 2 rings (SSSR count). The highest BCUT2D eigenvalue weighted by molar-refractivity contribution is 6.05. The summed E-state index contributed by atoms with van der Waals surface area (Å²) in [6.45, 7) is 1.89. The number of aryl methyl sites for hydroxylation is 1. The van der Waals surface area contributed by atoms with Crippen molar-refractivity contribution < 1.29 is 9.18 Å². The maximum absolute atomic E-state index is 13.1. The molecule has 5 heteroatoms. The highest BCUT2D eigenvalue weighted by Gasteiger charge is 2.11. The molecule has 0 aliphatic carbocycles. The van der Waals surface area contributed by atoms with Gasteiger partial charge in [0.2, 0.25) is 0 Å². The molecule has 0 spiro atoms. The Labute approximate surface area is 122 Å². The summed E-state index contributed by atoms with van der Waals surface area (Å²) in [5.41, 5.74) is 2.72. The monoisotopic (exact) mass is 283 g/mol. The van der Waals surface area contributed by atoms with Gasteiger partial charge in [0.25, 0.3) is 5.91 Å². The van der Waals surface area contributed by atoms with E-state index in [0.717, 1.165) is 17.3 Å². The molecule has 21 heavy (non-hydrogen) atoms. The molecule has 2 aromatic carbocycles. The molecule has 0 saturated heterocycles. The van der Waals surface area contributed by atoms with Crippen LogP contribution in [0.5, 0.6) is 0 Å². The minimum atomic E-state index is -0.515. The number of nitrogens with one attached hydrogen (secondary N) is 2. The number of benzene rings is 2. The summed E-state index contributed by atoms with van der Waals surface area (Å²) in [5, 5.41) is 14.6. The van der Waals surface area contributed by atoms with Gasteiger partial charge in [-0.15, -0.1) is 0 Å². The maximum atomic E-state index is 13.1. The molecule has 2 aromatic rings. The van der Waals surface area contributed by atoms with Crippen LogP contribution in [0.3, 0.4) is 0 Å².